The number of hydrogen-bond donors (Lipinski definition) is 1. The molecule has 0 aromatic heterocycles. The van der Waals surface area contributed by atoms with E-state index in [-0.39, 0.29) is 0 Å². The van der Waals surface area contributed by atoms with Crippen molar-refractivity contribution in [3.8, 4) is 0 Å². The van der Waals surface area contributed by atoms with Gasteiger partial charge in [0.1, 0.15) is 0 Å². The predicted octanol–water partition coefficient (Wildman–Crippen LogP) is 4.81. The summed E-state index contributed by atoms with van der Waals surface area (Å²) in [7, 11) is 0. The average molecular weight is 331 g/mol. The first-order chi connectivity index (χ1) is 8.51. The van der Waals surface area contributed by atoms with Gasteiger partial charge in [0, 0.05) is 10.0 Å². The first kappa shape index (κ1) is 14.4. The second-order valence-corrected chi connectivity index (χ2v) is 7.10. The molecule has 0 radical (unpaired) electrons. The van der Waals surface area contributed by atoms with E-state index in [1.165, 1.54) is 24.8 Å². The summed E-state index contributed by atoms with van der Waals surface area (Å²) < 4.78 is 0.999. The Balaban J connectivity index is 2.15. The fraction of sp³-hybridized carbons (Fsp3) is 0.600. The molecule has 1 saturated heterocycles. The van der Waals surface area contributed by atoms with E-state index >= 15 is 0 Å². The molecule has 100 valence electrons. The third-order valence-electron chi connectivity index (χ3n) is 3.66. The van der Waals surface area contributed by atoms with E-state index in [2.05, 4.69) is 47.2 Å². The smallest absolute Gasteiger partial charge is 0.0548 e. The highest BCUT2D eigenvalue weighted by atomic mass is 79.9. The standard InChI is InChI=1S/C15H21BrClN/c1-11(2)9-15(6-3-7-18-15)10-12-4-5-14(17)13(16)8-12/h4-5,8,11,18H,3,6-7,9-10H2,1-2H3. The largest absolute Gasteiger partial charge is 0.311 e. The molecular formula is C15H21BrClN. The van der Waals surface area contributed by atoms with Crippen molar-refractivity contribution in [3.05, 3.63) is 33.3 Å². The van der Waals surface area contributed by atoms with E-state index in [9.17, 15) is 0 Å². The van der Waals surface area contributed by atoms with Crippen LogP contribution in [0.2, 0.25) is 5.02 Å². The fourth-order valence-electron chi connectivity index (χ4n) is 3.09. The Kier molecular flexibility index (Phi) is 4.74. The molecule has 0 spiro atoms. The van der Waals surface area contributed by atoms with Crippen molar-refractivity contribution in [2.75, 3.05) is 6.54 Å². The Morgan fingerprint density at radius 3 is 2.78 bits per heavy atom. The molecule has 18 heavy (non-hydrogen) atoms. The van der Waals surface area contributed by atoms with Crippen LogP contribution in [0.4, 0.5) is 0 Å². The maximum absolute atomic E-state index is 6.05. The lowest BCUT2D eigenvalue weighted by atomic mass is 9.82. The van der Waals surface area contributed by atoms with Gasteiger partial charge in [-0.1, -0.05) is 31.5 Å². The lowest BCUT2D eigenvalue weighted by Gasteiger charge is -2.32. The Bertz CT molecular complexity index is 411. The van der Waals surface area contributed by atoms with E-state index in [0.717, 1.165) is 28.4 Å². The van der Waals surface area contributed by atoms with Crippen molar-refractivity contribution in [1.29, 1.82) is 0 Å². The van der Waals surface area contributed by atoms with Gasteiger partial charge in [-0.05, 0) is 71.8 Å². The van der Waals surface area contributed by atoms with Crippen molar-refractivity contribution in [3.63, 3.8) is 0 Å². The fourth-order valence-corrected chi connectivity index (χ4v) is 3.63. The van der Waals surface area contributed by atoms with Crippen LogP contribution in [0.15, 0.2) is 22.7 Å². The molecule has 1 unspecified atom stereocenters. The van der Waals surface area contributed by atoms with Crippen LogP contribution in [0, 0.1) is 5.92 Å². The molecule has 2 rings (SSSR count). The highest BCUT2D eigenvalue weighted by Crippen LogP contribution is 2.32. The zero-order chi connectivity index (χ0) is 13.2. The third kappa shape index (κ3) is 3.49. The number of nitrogens with one attached hydrogen (secondary N) is 1. The molecule has 1 atom stereocenters. The molecule has 1 aromatic rings. The van der Waals surface area contributed by atoms with Crippen LogP contribution >= 0.6 is 27.5 Å². The van der Waals surface area contributed by atoms with Gasteiger partial charge in [0.05, 0.1) is 5.02 Å². The van der Waals surface area contributed by atoms with Gasteiger partial charge >= 0.3 is 0 Å². The molecule has 0 amide bonds. The predicted molar refractivity (Wildman–Crippen MR) is 82.3 cm³/mol. The third-order valence-corrected chi connectivity index (χ3v) is 4.87. The molecule has 1 N–H and O–H groups in total. The van der Waals surface area contributed by atoms with Crippen LogP contribution in [-0.2, 0) is 6.42 Å². The highest BCUT2D eigenvalue weighted by molar-refractivity contribution is 9.10. The number of hydrogen-bond acceptors (Lipinski definition) is 1. The molecule has 1 aliphatic heterocycles. The summed E-state index contributed by atoms with van der Waals surface area (Å²) >= 11 is 9.57. The zero-order valence-corrected chi connectivity index (χ0v) is 13.4. The molecule has 1 nitrogen and oxygen atoms in total. The molecule has 1 aliphatic rings. The minimum Gasteiger partial charge on any atom is -0.311 e. The van der Waals surface area contributed by atoms with Crippen molar-refractivity contribution < 1.29 is 0 Å². The first-order valence-electron chi connectivity index (χ1n) is 6.70. The van der Waals surface area contributed by atoms with Gasteiger partial charge in [-0.2, -0.15) is 0 Å². The SMILES string of the molecule is CC(C)CC1(Cc2ccc(Cl)c(Br)c2)CCCN1. The second-order valence-electron chi connectivity index (χ2n) is 5.83. The van der Waals surface area contributed by atoms with Gasteiger partial charge in [0.15, 0.2) is 0 Å². The molecule has 1 aromatic carbocycles. The van der Waals surface area contributed by atoms with Crippen LogP contribution in [0.3, 0.4) is 0 Å². The van der Waals surface area contributed by atoms with Crippen LogP contribution < -0.4 is 5.32 Å². The van der Waals surface area contributed by atoms with Gasteiger partial charge in [-0.3, -0.25) is 0 Å². The lowest BCUT2D eigenvalue weighted by molar-refractivity contribution is 0.301. The molecule has 1 fully saturated rings. The number of halogens is 2. The van der Waals surface area contributed by atoms with E-state index in [0.29, 0.717) is 5.54 Å². The summed E-state index contributed by atoms with van der Waals surface area (Å²) in [5, 5.41) is 4.52. The number of rotatable bonds is 4. The summed E-state index contributed by atoms with van der Waals surface area (Å²) in [4.78, 5) is 0. The Morgan fingerprint density at radius 1 is 1.44 bits per heavy atom. The Morgan fingerprint density at radius 2 is 2.22 bits per heavy atom. The van der Waals surface area contributed by atoms with Gasteiger partial charge in [0.25, 0.3) is 0 Å². The van der Waals surface area contributed by atoms with Crippen molar-refractivity contribution in [1.82, 2.24) is 5.32 Å². The monoisotopic (exact) mass is 329 g/mol. The van der Waals surface area contributed by atoms with Gasteiger partial charge in [0.2, 0.25) is 0 Å². The zero-order valence-electron chi connectivity index (χ0n) is 11.1. The van der Waals surface area contributed by atoms with Crippen LogP contribution in [-0.4, -0.2) is 12.1 Å². The van der Waals surface area contributed by atoms with Crippen molar-refractivity contribution in [2.45, 2.75) is 45.1 Å². The first-order valence-corrected chi connectivity index (χ1v) is 7.87. The molecule has 3 heteroatoms. The molecule has 0 bridgehead atoms. The lowest BCUT2D eigenvalue weighted by Crippen LogP contribution is -2.43. The van der Waals surface area contributed by atoms with Crippen molar-refractivity contribution in [2.24, 2.45) is 5.92 Å². The maximum atomic E-state index is 6.05. The minimum absolute atomic E-state index is 0.293. The average Bonchev–Trinajstić information content (AvgIpc) is 2.71. The van der Waals surface area contributed by atoms with Gasteiger partial charge in [-0.15, -0.1) is 0 Å². The van der Waals surface area contributed by atoms with E-state index < -0.39 is 0 Å². The van der Waals surface area contributed by atoms with Crippen LogP contribution in [0.1, 0.15) is 38.7 Å². The quantitative estimate of drug-likeness (QED) is 0.835. The van der Waals surface area contributed by atoms with E-state index in [1.54, 1.807) is 0 Å². The Labute approximate surface area is 123 Å². The molecular weight excluding hydrogens is 310 g/mol. The second kappa shape index (κ2) is 5.94. The number of benzene rings is 1. The highest BCUT2D eigenvalue weighted by Gasteiger charge is 2.33. The molecule has 0 aliphatic carbocycles. The summed E-state index contributed by atoms with van der Waals surface area (Å²) in [6.45, 7) is 5.76. The summed E-state index contributed by atoms with van der Waals surface area (Å²) in [5.41, 5.74) is 1.66. The van der Waals surface area contributed by atoms with Gasteiger partial charge in [-0.25, -0.2) is 0 Å². The summed E-state index contributed by atoms with van der Waals surface area (Å²) in [5.74, 6) is 0.728. The van der Waals surface area contributed by atoms with Crippen molar-refractivity contribution >= 4 is 27.5 Å². The molecule has 0 saturated carbocycles. The summed E-state index contributed by atoms with van der Waals surface area (Å²) in [6, 6.07) is 6.29. The maximum Gasteiger partial charge on any atom is 0.0548 e. The van der Waals surface area contributed by atoms with E-state index in [4.69, 9.17) is 11.6 Å². The van der Waals surface area contributed by atoms with Crippen LogP contribution in [0.5, 0.6) is 0 Å². The van der Waals surface area contributed by atoms with Crippen LogP contribution in [0.25, 0.3) is 0 Å². The van der Waals surface area contributed by atoms with E-state index in [1.807, 2.05) is 6.07 Å². The van der Waals surface area contributed by atoms with Gasteiger partial charge < -0.3 is 5.32 Å². The molecule has 1 heterocycles. The summed E-state index contributed by atoms with van der Waals surface area (Å²) in [6.07, 6.45) is 4.92. The Hall–Kier alpha value is -0.0500. The minimum atomic E-state index is 0.293. The topological polar surface area (TPSA) is 12.0 Å². The normalized spacial score (nSPS) is 23.8.